The Morgan fingerprint density at radius 3 is 2.52 bits per heavy atom. The van der Waals surface area contributed by atoms with Gasteiger partial charge in [0.05, 0.1) is 6.54 Å². The lowest BCUT2D eigenvalue weighted by Gasteiger charge is -2.27. The van der Waals surface area contributed by atoms with Gasteiger partial charge in [0.1, 0.15) is 0 Å². The first-order chi connectivity index (χ1) is 11.0. The van der Waals surface area contributed by atoms with E-state index in [9.17, 15) is 4.79 Å². The maximum absolute atomic E-state index is 11.6. The van der Waals surface area contributed by atoms with Gasteiger partial charge in [-0.3, -0.25) is 14.7 Å². The minimum Gasteiger partial charge on any atom is -0.357 e. The summed E-state index contributed by atoms with van der Waals surface area (Å²) >= 11 is 0. The molecule has 0 saturated carbocycles. The van der Waals surface area contributed by atoms with Crippen molar-refractivity contribution in [3.05, 3.63) is 0 Å². The molecule has 0 aromatic carbocycles. The van der Waals surface area contributed by atoms with E-state index in [1.165, 1.54) is 6.42 Å². The molecule has 0 aromatic heterocycles. The van der Waals surface area contributed by atoms with Crippen LogP contribution in [-0.4, -0.2) is 73.5 Å². The van der Waals surface area contributed by atoms with Crippen molar-refractivity contribution >= 4 is 11.9 Å². The van der Waals surface area contributed by atoms with Gasteiger partial charge in [-0.05, 0) is 26.4 Å². The number of amides is 1. The Morgan fingerprint density at radius 1 is 1.26 bits per heavy atom. The minimum atomic E-state index is 0.0284. The fourth-order valence-corrected chi connectivity index (χ4v) is 2.94. The Balaban J connectivity index is 2.51. The number of rotatable bonds is 8. The molecule has 6 nitrogen and oxygen atoms in total. The van der Waals surface area contributed by atoms with Crippen LogP contribution in [0.5, 0.6) is 0 Å². The van der Waals surface area contributed by atoms with E-state index in [-0.39, 0.29) is 11.8 Å². The Kier molecular flexibility index (Phi) is 8.99. The largest absolute Gasteiger partial charge is 0.357 e. The van der Waals surface area contributed by atoms with Gasteiger partial charge in [-0.2, -0.15) is 0 Å². The lowest BCUT2D eigenvalue weighted by molar-refractivity contribution is -0.123. The molecule has 6 heteroatoms. The van der Waals surface area contributed by atoms with E-state index < -0.39 is 0 Å². The van der Waals surface area contributed by atoms with E-state index >= 15 is 0 Å². The molecular formula is C17H35N5O. The third-order valence-corrected chi connectivity index (χ3v) is 4.32. The van der Waals surface area contributed by atoms with Crippen molar-refractivity contribution in [1.29, 1.82) is 0 Å². The van der Waals surface area contributed by atoms with Gasteiger partial charge in [-0.25, -0.2) is 0 Å². The number of hydrogen-bond donors (Lipinski definition) is 2. The third kappa shape index (κ3) is 6.37. The Hall–Kier alpha value is -1.30. The topological polar surface area (TPSA) is 60.0 Å². The molecule has 134 valence electrons. The number of nitrogens with one attached hydrogen (secondary N) is 2. The maximum Gasteiger partial charge on any atom is 0.222 e. The molecule has 2 N–H and O–H groups in total. The SMILES string of the molecule is CCNC(=NCCNC(=O)C(C)C)N1CCC(N(CC)CC)C1. The molecule has 1 heterocycles. The van der Waals surface area contributed by atoms with Crippen molar-refractivity contribution in [2.24, 2.45) is 10.9 Å². The van der Waals surface area contributed by atoms with Crippen LogP contribution in [0.3, 0.4) is 0 Å². The first-order valence-electron chi connectivity index (χ1n) is 9.08. The lowest BCUT2D eigenvalue weighted by Crippen LogP contribution is -2.43. The highest BCUT2D eigenvalue weighted by molar-refractivity contribution is 5.80. The van der Waals surface area contributed by atoms with E-state index in [2.05, 4.69) is 46.2 Å². The highest BCUT2D eigenvalue weighted by atomic mass is 16.1. The van der Waals surface area contributed by atoms with Gasteiger partial charge in [0, 0.05) is 38.1 Å². The summed E-state index contributed by atoms with van der Waals surface area (Å²) in [6.07, 6.45) is 1.19. The van der Waals surface area contributed by atoms with Gasteiger partial charge in [-0.15, -0.1) is 0 Å². The summed E-state index contributed by atoms with van der Waals surface area (Å²) in [4.78, 5) is 21.1. The number of likely N-dealkylation sites (N-methyl/N-ethyl adjacent to an activating group) is 1. The van der Waals surface area contributed by atoms with Crippen molar-refractivity contribution < 1.29 is 4.79 Å². The van der Waals surface area contributed by atoms with Crippen LogP contribution in [0.15, 0.2) is 4.99 Å². The highest BCUT2D eigenvalue weighted by Gasteiger charge is 2.27. The van der Waals surface area contributed by atoms with Gasteiger partial charge >= 0.3 is 0 Å². The van der Waals surface area contributed by atoms with Crippen molar-refractivity contribution in [1.82, 2.24) is 20.4 Å². The van der Waals surface area contributed by atoms with Crippen LogP contribution in [0, 0.1) is 5.92 Å². The van der Waals surface area contributed by atoms with Crippen LogP contribution >= 0.6 is 0 Å². The molecule has 1 fully saturated rings. The number of likely N-dealkylation sites (tertiary alicyclic amines) is 1. The Labute approximate surface area is 141 Å². The van der Waals surface area contributed by atoms with Crippen molar-refractivity contribution in [3.63, 3.8) is 0 Å². The summed E-state index contributed by atoms with van der Waals surface area (Å²) in [7, 11) is 0. The molecule has 1 unspecified atom stereocenters. The molecule has 1 amide bonds. The fraction of sp³-hybridized carbons (Fsp3) is 0.882. The highest BCUT2D eigenvalue weighted by Crippen LogP contribution is 2.15. The first kappa shape index (κ1) is 19.7. The van der Waals surface area contributed by atoms with Crippen LogP contribution < -0.4 is 10.6 Å². The standard InChI is InChI=1S/C17H35N5O/c1-6-18-17(20-11-10-19-16(23)14(4)5)22-12-9-15(13-22)21(7-2)8-3/h14-15H,6-13H2,1-5H3,(H,18,20)(H,19,23). The Morgan fingerprint density at radius 2 is 1.96 bits per heavy atom. The summed E-state index contributed by atoms with van der Waals surface area (Å²) in [6.45, 7) is 16.7. The molecule has 0 spiro atoms. The average molecular weight is 326 g/mol. The van der Waals surface area contributed by atoms with Gasteiger partial charge in [0.2, 0.25) is 5.91 Å². The molecule has 0 aromatic rings. The van der Waals surface area contributed by atoms with Gasteiger partial charge in [0.15, 0.2) is 5.96 Å². The van der Waals surface area contributed by atoms with Crippen molar-refractivity contribution in [2.75, 3.05) is 45.8 Å². The molecule has 23 heavy (non-hydrogen) atoms. The number of hydrogen-bond acceptors (Lipinski definition) is 3. The number of carbonyl (C=O) groups excluding carboxylic acids is 1. The van der Waals surface area contributed by atoms with E-state index in [1.54, 1.807) is 0 Å². The second kappa shape index (κ2) is 10.5. The summed E-state index contributed by atoms with van der Waals surface area (Å²) in [5, 5.41) is 6.29. The zero-order valence-corrected chi connectivity index (χ0v) is 15.6. The number of guanidine groups is 1. The first-order valence-corrected chi connectivity index (χ1v) is 9.08. The van der Waals surface area contributed by atoms with Gasteiger partial charge in [-0.1, -0.05) is 27.7 Å². The van der Waals surface area contributed by atoms with E-state index in [1.807, 2.05) is 13.8 Å². The van der Waals surface area contributed by atoms with E-state index in [0.29, 0.717) is 19.1 Å². The molecule has 1 aliphatic heterocycles. The molecule has 0 radical (unpaired) electrons. The van der Waals surface area contributed by atoms with E-state index in [4.69, 9.17) is 0 Å². The maximum atomic E-state index is 11.6. The fourth-order valence-electron chi connectivity index (χ4n) is 2.94. The molecule has 1 saturated heterocycles. The second-order valence-corrected chi connectivity index (χ2v) is 6.29. The smallest absolute Gasteiger partial charge is 0.222 e. The number of carbonyl (C=O) groups is 1. The van der Waals surface area contributed by atoms with Crippen LogP contribution in [0.1, 0.15) is 41.0 Å². The quantitative estimate of drug-likeness (QED) is 0.399. The van der Waals surface area contributed by atoms with Crippen LogP contribution in [0.2, 0.25) is 0 Å². The lowest BCUT2D eigenvalue weighted by atomic mass is 10.2. The van der Waals surface area contributed by atoms with Gasteiger partial charge < -0.3 is 15.5 Å². The summed E-state index contributed by atoms with van der Waals surface area (Å²) < 4.78 is 0. The zero-order chi connectivity index (χ0) is 17.2. The molecule has 1 rings (SSSR count). The summed E-state index contributed by atoms with van der Waals surface area (Å²) in [6, 6.07) is 0.620. The molecule has 1 aliphatic rings. The normalized spacial score (nSPS) is 18.8. The monoisotopic (exact) mass is 325 g/mol. The Bertz CT molecular complexity index is 379. The van der Waals surface area contributed by atoms with Gasteiger partial charge in [0.25, 0.3) is 0 Å². The van der Waals surface area contributed by atoms with Crippen LogP contribution in [-0.2, 0) is 4.79 Å². The second-order valence-electron chi connectivity index (χ2n) is 6.29. The zero-order valence-electron chi connectivity index (χ0n) is 15.6. The van der Waals surface area contributed by atoms with Crippen molar-refractivity contribution in [2.45, 2.75) is 47.1 Å². The van der Waals surface area contributed by atoms with E-state index in [0.717, 1.165) is 38.7 Å². The molecule has 1 atom stereocenters. The van der Waals surface area contributed by atoms with Crippen LogP contribution in [0.4, 0.5) is 0 Å². The molecular weight excluding hydrogens is 290 g/mol. The summed E-state index contributed by atoms with van der Waals surface area (Å²) in [5.74, 6) is 1.09. The predicted octanol–water partition coefficient (Wildman–Crippen LogP) is 1.14. The number of aliphatic imine (C=N–C) groups is 1. The molecule has 0 bridgehead atoms. The van der Waals surface area contributed by atoms with Crippen LogP contribution in [0.25, 0.3) is 0 Å². The third-order valence-electron chi connectivity index (χ3n) is 4.32. The minimum absolute atomic E-state index is 0.0284. The van der Waals surface area contributed by atoms with Crippen molar-refractivity contribution in [3.8, 4) is 0 Å². The summed E-state index contributed by atoms with van der Waals surface area (Å²) in [5.41, 5.74) is 0. The predicted molar refractivity (Wildman–Crippen MR) is 96.7 cm³/mol. The molecule has 0 aliphatic carbocycles. The number of nitrogens with zero attached hydrogens (tertiary/aromatic N) is 3. The average Bonchev–Trinajstić information content (AvgIpc) is 3.01.